The Bertz CT molecular complexity index is 355. The van der Waals surface area contributed by atoms with Crippen LogP contribution in [0.15, 0.2) is 30.4 Å². The van der Waals surface area contributed by atoms with Crippen LogP contribution in [-0.2, 0) is 0 Å². The Balaban J connectivity index is 2.35. The molecule has 0 saturated carbocycles. The van der Waals surface area contributed by atoms with Gasteiger partial charge in [0.05, 0.1) is 7.11 Å². The maximum atomic E-state index is 9.70. The summed E-state index contributed by atoms with van der Waals surface area (Å²) in [5.74, 6) is 1.52. The molecule has 1 aromatic rings. The third-order valence-corrected chi connectivity index (χ3v) is 2.65. The second kappa shape index (κ2) is 3.74. The number of aromatic hydroxyl groups is 1. The Morgan fingerprint density at radius 2 is 2.29 bits per heavy atom. The van der Waals surface area contributed by atoms with Gasteiger partial charge in [0.25, 0.3) is 0 Å². The predicted molar refractivity (Wildman–Crippen MR) is 55.8 cm³/mol. The van der Waals surface area contributed by atoms with Crippen LogP contribution >= 0.6 is 0 Å². The van der Waals surface area contributed by atoms with E-state index < -0.39 is 0 Å². The van der Waals surface area contributed by atoms with Crippen molar-refractivity contribution in [3.63, 3.8) is 0 Å². The smallest absolute Gasteiger partial charge is 0.119 e. The number of allylic oxidation sites excluding steroid dienone is 2. The highest BCUT2D eigenvalue weighted by atomic mass is 16.5. The van der Waals surface area contributed by atoms with Crippen molar-refractivity contribution in [1.82, 2.24) is 0 Å². The number of benzene rings is 1. The van der Waals surface area contributed by atoms with Gasteiger partial charge < -0.3 is 9.84 Å². The van der Waals surface area contributed by atoms with Crippen LogP contribution in [0.5, 0.6) is 11.5 Å². The molecule has 0 spiro atoms. The summed E-state index contributed by atoms with van der Waals surface area (Å²) in [6.45, 7) is 0. The molecule has 2 rings (SSSR count). The molecule has 0 saturated heterocycles. The van der Waals surface area contributed by atoms with Crippen LogP contribution < -0.4 is 4.74 Å². The van der Waals surface area contributed by atoms with Gasteiger partial charge >= 0.3 is 0 Å². The largest absolute Gasteiger partial charge is 0.508 e. The van der Waals surface area contributed by atoms with E-state index in [4.69, 9.17) is 4.74 Å². The second-order valence-corrected chi connectivity index (χ2v) is 3.54. The zero-order chi connectivity index (χ0) is 9.97. The first kappa shape index (κ1) is 9.13. The van der Waals surface area contributed by atoms with E-state index >= 15 is 0 Å². The minimum Gasteiger partial charge on any atom is -0.508 e. The molecule has 1 aliphatic carbocycles. The third kappa shape index (κ3) is 1.60. The van der Waals surface area contributed by atoms with Crippen LogP contribution in [0.2, 0.25) is 0 Å². The van der Waals surface area contributed by atoms with Crippen molar-refractivity contribution in [2.45, 2.75) is 18.8 Å². The monoisotopic (exact) mass is 190 g/mol. The molecule has 0 radical (unpaired) electrons. The lowest BCUT2D eigenvalue weighted by molar-refractivity contribution is 0.410. The number of rotatable bonds is 2. The summed E-state index contributed by atoms with van der Waals surface area (Å²) in [4.78, 5) is 0. The highest BCUT2D eigenvalue weighted by Crippen LogP contribution is 2.35. The van der Waals surface area contributed by atoms with E-state index in [2.05, 4.69) is 12.2 Å². The maximum absolute atomic E-state index is 9.70. The molecular weight excluding hydrogens is 176 g/mol. The predicted octanol–water partition coefficient (Wildman–Crippen LogP) is 2.83. The average Bonchev–Trinajstić information content (AvgIpc) is 2.71. The molecule has 0 unspecified atom stereocenters. The fraction of sp³-hybridized carbons (Fsp3) is 0.333. The highest BCUT2D eigenvalue weighted by Gasteiger charge is 2.15. The lowest BCUT2D eigenvalue weighted by Crippen LogP contribution is -1.93. The Kier molecular flexibility index (Phi) is 2.44. The number of hydrogen-bond donors (Lipinski definition) is 1. The van der Waals surface area contributed by atoms with E-state index in [0.29, 0.717) is 11.7 Å². The van der Waals surface area contributed by atoms with E-state index in [9.17, 15) is 5.11 Å². The standard InChI is InChI=1S/C12H14O2/c1-14-10-6-7-12(13)11(8-10)9-4-2-3-5-9/h2,4,6-9,13H,3,5H2,1H3/t9-/m0/s1. The molecule has 0 aliphatic heterocycles. The highest BCUT2D eigenvalue weighted by molar-refractivity contribution is 5.43. The fourth-order valence-corrected chi connectivity index (χ4v) is 1.85. The van der Waals surface area contributed by atoms with Gasteiger partial charge in [-0.25, -0.2) is 0 Å². The van der Waals surface area contributed by atoms with Crippen LogP contribution in [0, 0.1) is 0 Å². The molecule has 1 atom stereocenters. The number of hydrogen-bond acceptors (Lipinski definition) is 2. The summed E-state index contributed by atoms with van der Waals surface area (Å²) < 4.78 is 5.13. The zero-order valence-corrected chi connectivity index (χ0v) is 8.23. The molecule has 0 fully saturated rings. The van der Waals surface area contributed by atoms with Crippen LogP contribution in [-0.4, -0.2) is 12.2 Å². The van der Waals surface area contributed by atoms with Crippen molar-refractivity contribution >= 4 is 0 Å². The molecule has 0 bridgehead atoms. The normalized spacial score (nSPS) is 19.9. The van der Waals surface area contributed by atoms with Crippen molar-refractivity contribution in [3.05, 3.63) is 35.9 Å². The van der Waals surface area contributed by atoms with Crippen LogP contribution in [0.4, 0.5) is 0 Å². The molecule has 2 nitrogen and oxygen atoms in total. The Morgan fingerprint density at radius 3 is 2.93 bits per heavy atom. The fourth-order valence-electron chi connectivity index (χ4n) is 1.85. The molecule has 0 aromatic heterocycles. The minimum absolute atomic E-state index is 0.352. The van der Waals surface area contributed by atoms with E-state index in [1.165, 1.54) is 0 Å². The SMILES string of the molecule is COc1ccc(O)c([C@H]2C=CCC2)c1. The van der Waals surface area contributed by atoms with Gasteiger partial charge in [-0.1, -0.05) is 12.2 Å². The zero-order valence-electron chi connectivity index (χ0n) is 8.23. The van der Waals surface area contributed by atoms with Gasteiger partial charge in [0.15, 0.2) is 0 Å². The minimum atomic E-state index is 0.352. The summed E-state index contributed by atoms with van der Waals surface area (Å²) in [5, 5.41) is 9.70. The second-order valence-electron chi connectivity index (χ2n) is 3.54. The van der Waals surface area contributed by atoms with Gasteiger partial charge in [-0.05, 0) is 31.0 Å². The molecule has 1 N–H and O–H groups in total. The van der Waals surface area contributed by atoms with Crippen molar-refractivity contribution in [1.29, 1.82) is 0 Å². The number of phenols is 1. The van der Waals surface area contributed by atoms with E-state index in [1.807, 2.05) is 6.07 Å². The van der Waals surface area contributed by atoms with Gasteiger partial charge in [-0.3, -0.25) is 0 Å². The number of ether oxygens (including phenoxy) is 1. The Labute approximate surface area is 83.8 Å². The summed E-state index contributed by atoms with van der Waals surface area (Å²) in [6, 6.07) is 5.38. The van der Waals surface area contributed by atoms with E-state index in [1.54, 1.807) is 19.2 Å². The first-order valence-corrected chi connectivity index (χ1v) is 4.85. The topological polar surface area (TPSA) is 29.5 Å². The van der Waals surface area contributed by atoms with Gasteiger partial charge in [-0.15, -0.1) is 0 Å². The molecule has 74 valence electrons. The molecule has 0 heterocycles. The Hall–Kier alpha value is -1.44. The summed E-state index contributed by atoms with van der Waals surface area (Å²) in [6.07, 6.45) is 6.49. The van der Waals surface area contributed by atoms with Crippen LogP contribution in [0.1, 0.15) is 24.3 Å². The van der Waals surface area contributed by atoms with Gasteiger partial charge in [0, 0.05) is 11.5 Å². The molecule has 1 aromatic carbocycles. The van der Waals surface area contributed by atoms with Crippen molar-refractivity contribution in [2.75, 3.05) is 7.11 Å². The average molecular weight is 190 g/mol. The van der Waals surface area contributed by atoms with Crippen LogP contribution in [0.3, 0.4) is 0 Å². The summed E-state index contributed by atoms with van der Waals surface area (Å²) in [5.41, 5.74) is 0.970. The van der Waals surface area contributed by atoms with Crippen molar-refractivity contribution in [2.24, 2.45) is 0 Å². The Morgan fingerprint density at radius 1 is 1.43 bits per heavy atom. The molecule has 14 heavy (non-hydrogen) atoms. The summed E-state index contributed by atoms with van der Waals surface area (Å²) in [7, 11) is 1.64. The maximum Gasteiger partial charge on any atom is 0.119 e. The molecule has 2 heteroatoms. The first-order chi connectivity index (χ1) is 6.81. The van der Waals surface area contributed by atoms with Gasteiger partial charge in [0.2, 0.25) is 0 Å². The van der Waals surface area contributed by atoms with Crippen molar-refractivity contribution in [3.8, 4) is 11.5 Å². The van der Waals surface area contributed by atoms with Gasteiger partial charge in [0.1, 0.15) is 11.5 Å². The third-order valence-electron chi connectivity index (χ3n) is 2.65. The molecule has 1 aliphatic rings. The number of phenolic OH excluding ortho intramolecular Hbond substituents is 1. The van der Waals surface area contributed by atoms with E-state index in [0.717, 1.165) is 24.2 Å². The van der Waals surface area contributed by atoms with Crippen LogP contribution in [0.25, 0.3) is 0 Å². The lowest BCUT2D eigenvalue weighted by atomic mass is 9.97. The van der Waals surface area contributed by atoms with E-state index in [-0.39, 0.29) is 0 Å². The lowest BCUT2D eigenvalue weighted by Gasteiger charge is -2.11. The van der Waals surface area contributed by atoms with Gasteiger partial charge in [-0.2, -0.15) is 0 Å². The summed E-state index contributed by atoms with van der Waals surface area (Å²) >= 11 is 0. The van der Waals surface area contributed by atoms with Crippen molar-refractivity contribution < 1.29 is 9.84 Å². The first-order valence-electron chi connectivity index (χ1n) is 4.85. The quantitative estimate of drug-likeness (QED) is 0.726. The molecule has 0 amide bonds. The molecular formula is C12H14O2. The number of methoxy groups -OCH3 is 1.